The number of carbonyl (C=O) groups is 2. The molecule has 1 aliphatic rings. The number of likely N-dealkylation sites (tertiary alicyclic amines) is 1. The van der Waals surface area contributed by atoms with Gasteiger partial charge in [0.15, 0.2) is 0 Å². The molecule has 0 radical (unpaired) electrons. The van der Waals surface area contributed by atoms with Crippen molar-refractivity contribution < 1.29 is 24.2 Å². The molecule has 3 aromatic rings. The zero-order valence-corrected chi connectivity index (χ0v) is 21.1. The Morgan fingerprint density at radius 1 is 1.11 bits per heavy atom. The predicted octanol–water partition coefficient (Wildman–Crippen LogP) is 3.83. The lowest BCUT2D eigenvalue weighted by atomic mass is 9.94. The summed E-state index contributed by atoms with van der Waals surface area (Å²) < 4.78 is 12.7. The fraction of sp³-hybridized carbons (Fsp3) is 0.308. The van der Waals surface area contributed by atoms with E-state index in [-0.39, 0.29) is 27.7 Å². The van der Waals surface area contributed by atoms with E-state index in [1.807, 2.05) is 61.1 Å². The summed E-state index contributed by atoms with van der Waals surface area (Å²) in [6.07, 6.45) is 1.90. The molecule has 0 spiro atoms. The third-order valence-electron chi connectivity index (χ3n) is 6.28. The number of rotatable bonds is 7. The number of aromatic nitrogens is 1. The summed E-state index contributed by atoms with van der Waals surface area (Å²) in [5.74, 6) is -1.20. The molecule has 0 saturated carbocycles. The third-order valence-corrected chi connectivity index (χ3v) is 6.57. The van der Waals surface area contributed by atoms with Gasteiger partial charge in [-0.3, -0.25) is 9.59 Å². The van der Waals surface area contributed by atoms with Crippen LogP contribution in [0.15, 0.2) is 48.2 Å². The zero-order chi connectivity index (χ0) is 25.4. The molecule has 1 aliphatic heterocycles. The lowest BCUT2D eigenvalue weighted by Gasteiger charge is -2.26. The zero-order valence-electron chi connectivity index (χ0n) is 20.3. The number of halogens is 1. The van der Waals surface area contributed by atoms with E-state index in [1.165, 1.54) is 31.3 Å². The van der Waals surface area contributed by atoms with Gasteiger partial charge in [0.1, 0.15) is 17.3 Å². The Morgan fingerprint density at radius 3 is 2.46 bits per heavy atom. The lowest BCUT2D eigenvalue weighted by Crippen LogP contribution is -2.35. The van der Waals surface area contributed by atoms with E-state index < -0.39 is 17.7 Å². The monoisotopic (exact) mass is 497 g/mol. The number of hydrogen-bond acceptors (Lipinski definition) is 6. The van der Waals surface area contributed by atoms with Gasteiger partial charge in [-0.25, -0.2) is 0 Å². The number of ketones is 1. The summed E-state index contributed by atoms with van der Waals surface area (Å²) in [6, 6.07) is 9.98. The molecule has 1 atom stereocenters. The molecular weight excluding hydrogens is 470 g/mol. The van der Waals surface area contributed by atoms with Gasteiger partial charge in [0.05, 0.1) is 36.4 Å². The van der Waals surface area contributed by atoms with Crippen LogP contribution in [-0.4, -0.2) is 72.6 Å². The van der Waals surface area contributed by atoms with Gasteiger partial charge in [-0.2, -0.15) is 0 Å². The number of para-hydroxylation sites is 1. The van der Waals surface area contributed by atoms with Gasteiger partial charge in [-0.05, 0) is 26.2 Å². The first-order valence-electron chi connectivity index (χ1n) is 11.1. The van der Waals surface area contributed by atoms with Crippen molar-refractivity contribution in [2.45, 2.75) is 6.04 Å². The van der Waals surface area contributed by atoms with E-state index >= 15 is 0 Å². The normalized spacial score (nSPS) is 17.6. The highest BCUT2D eigenvalue weighted by molar-refractivity contribution is 6.46. The molecule has 184 valence electrons. The summed E-state index contributed by atoms with van der Waals surface area (Å²) in [6.45, 7) is 0.857. The maximum absolute atomic E-state index is 13.4. The van der Waals surface area contributed by atoms with E-state index in [1.54, 1.807) is 0 Å². The molecule has 1 fully saturated rings. The summed E-state index contributed by atoms with van der Waals surface area (Å²) in [5.41, 5.74) is 1.91. The summed E-state index contributed by atoms with van der Waals surface area (Å²) in [4.78, 5) is 30.1. The van der Waals surface area contributed by atoms with Crippen molar-refractivity contribution in [3.63, 3.8) is 0 Å². The number of hydrogen-bond donors (Lipinski definition) is 1. The number of likely N-dealkylation sites (N-methyl/N-ethyl adjacent to an activating group) is 1. The average Bonchev–Trinajstić information content (AvgIpc) is 3.30. The van der Waals surface area contributed by atoms with Crippen LogP contribution >= 0.6 is 11.6 Å². The van der Waals surface area contributed by atoms with E-state index in [4.69, 9.17) is 21.1 Å². The van der Waals surface area contributed by atoms with Crippen LogP contribution in [0.3, 0.4) is 0 Å². The number of nitrogens with zero attached hydrogens (tertiary/aromatic N) is 3. The Labute approximate surface area is 208 Å². The average molecular weight is 498 g/mol. The molecule has 1 amide bonds. The second-order valence-corrected chi connectivity index (χ2v) is 9.10. The van der Waals surface area contributed by atoms with E-state index in [2.05, 4.69) is 0 Å². The fourth-order valence-electron chi connectivity index (χ4n) is 4.52. The molecule has 9 heteroatoms. The number of Topliss-reactive ketones (excluding diaryl/α,β-unsaturated/α-hetero) is 1. The van der Waals surface area contributed by atoms with Gasteiger partial charge in [-0.15, -0.1) is 0 Å². The van der Waals surface area contributed by atoms with E-state index in [0.29, 0.717) is 18.8 Å². The SMILES string of the molecule is COc1cc(/C(O)=C2\C(=O)C(=O)N(CCN(C)C)C2c2cn(C)c3ccccc23)c(OC)cc1Cl. The highest BCUT2D eigenvalue weighted by atomic mass is 35.5. The molecule has 35 heavy (non-hydrogen) atoms. The first-order chi connectivity index (χ1) is 16.7. The number of aliphatic hydroxyl groups excluding tert-OH is 1. The van der Waals surface area contributed by atoms with Gasteiger partial charge in [0.25, 0.3) is 11.7 Å². The first kappa shape index (κ1) is 24.6. The van der Waals surface area contributed by atoms with Crippen molar-refractivity contribution in [3.8, 4) is 11.5 Å². The van der Waals surface area contributed by atoms with Gasteiger partial charge < -0.3 is 28.9 Å². The minimum Gasteiger partial charge on any atom is -0.507 e. The molecule has 8 nitrogen and oxygen atoms in total. The Bertz CT molecular complexity index is 1340. The van der Waals surface area contributed by atoms with Gasteiger partial charge in [0.2, 0.25) is 0 Å². The predicted molar refractivity (Wildman–Crippen MR) is 135 cm³/mol. The Morgan fingerprint density at radius 2 is 1.80 bits per heavy atom. The molecule has 1 saturated heterocycles. The number of aryl methyl sites for hydroxylation is 1. The molecule has 1 N–H and O–H groups in total. The topological polar surface area (TPSA) is 84.2 Å². The van der Waals surface area contributed by atoms with Crippen molar-refractivity contribution in [1.29, 1.82) is 0 Å². The van der Waals surface area contributed by atoms with Crippen LogP contribution in [0, 0.1) is 0 Å². The van der Waals surface area contributed by atoms with Crippen molar-refractivity contribution >= 4 is 40.0 Å². The Hall–Kier alpha value is -3.49. The minimum absolute atomic E-state index is 0.00668. The minimum atomic E-state index is -0.785. The van der Waals surface area contributed by atoms with Gasteiger partial charge >= 0.3 is 0 Å². The van der Waals surface area contributed by atoms with Crippen LogP contribution < -0.4 is 9.47 Å². The second kappa shape index (κ2) is 9.64. The van der Waals surface area contributed by atoms with Crippen molar-refractivity contribution in [2.75, 3.05) is 41.4 Å². The Balaban J connectivity index is 1.99. The summed E-state index contributed by atoms with van der Waals surface area (Å²) in [5, 5.41) is 12.7. The highest BCUT2D eigenvalue weighted by Gasteiger charge is 2.47. The van der Waals surface area contributed by atoms with Crippen molar-refractivity contribution in [1.82, 2.24) is 14.4 Å². The fourth-order valence-corrected chi connectivity index (χ4v) is 4.75. The van der Waals surface area contributed by atoms with Crippen LogP contribution in [0.25, 0.3) is 16.7 Å². The number of benzene rings is 2. The summed E-state index contributed by atoms with van der Waals surface area (Å²) >= 11 is 6.24. The number of fused-ring (bicyclic) bond motifs is 1. The van der Waals surface area contributed by atoms with E-state index in [9.17, 15) is 14.7 Å². The maximum Gasteiger partial charge on any atom is 0.295 e. The van der Waals surface area contributed by atoms with E-state index in [0.717, 1.165) is 16.5 Å². The molecule has 4 rings (SSSR count). The van der Waals surface area contributed by atoms with Gasteiger partial charge in [0, 0.05) is 48.9 Å². The molecule has 2 aromatic carbocycles. The maximum atomic E-state index is 13.4. The number of carbonyl (C=O) groups excluding carboxylic acids is 2. The van der Waals surface area contributed by atoms with Crippen LogP contribution in [-0.2, 0) is 16.6 Å². The largest absolute Gasteiger partial charge is 0.507 e. The van der Waals surface area contributed by atoms with Gasteiger partial charge in [-0.1, -0.05) is 29.8 Å². The smallest absolute Gasteiger partial charge is 0.295 e. The number of ether oxygens (including phenoxy) is 2. The first-order valence-corrected chi connectivity index (χ1v) is 11.5. The van der Waals surface area contributed by atoms with Crippen LogP contribution in [0.5, 0.6) is 11.5 Å². The second-order valence-electron chi connectivity index (χ2n) is 8.70. The summed E-state index contributed by atoms with van der Waals surface area (Å²) in [7, 11) is 8.59. The van der Waals surface area contributed by atoms with Crippen LogP contribution in [0.1, 0.15) is 17.2 Å². The third kappa shape index (κ3) is 4.24. The van der Waals surface area contributed by atoms with Crippen LogP contribution in [0.4, 0.5) is 0 Å². The molecule has 2 heterocycles. The standard InChI is InChI=1S/C26H28ClN3O5/c1-28(2)10-11-30-23(17-14-29(3)19-9-7-6-8-15(17)19)22(25(32)26(30)33)24(31)16-12-21(35-5)18(27)13-20(16)34-4/h6-9,12-14,23,31H,10-11H2,1-5H3/b24-22+. The Kier molecular flexibility index (Phi) is 6.78. The quantitative estimate of drug-likeness (QED) is 0.303. The molecular formula is C26H28ClN3O5. The van der Waals surface area contributed by atoms with Crippen molar-refractivity contribution in [3.05, 3.63) is 64.3 Å². The lowest BCUT2D eigenvalue weighted by molar-refractivity contribution is -0.140. The highest BCUT2D eigenvalue weighted by Crippen LogP contribution is 2.44. The number of amides is 1. The molecule has 1 unspecified atom stereocenters. The molecule has 0 aliphatic carbocycles. The molecule has 1 aromatic heterocycles. The number of aliphatic hydroxyl groups is 1. The molecule has 0 bridgehead atoms. The van der Waals surface area contributed by atoms with Crippen LogP contribution in [0.2, 0.25) is 5.02 Å². The number of methoxy groups -OCH3 is 2. The van der Waals surface area contributed by atoms with Crippen molar-refractivity contribution in [2.24, 2.45) is 7.05 Å².